The standard InChI is InChI=1S/C20H21BrN2O2S/c21-15-3-1-2-13(10-15)17-11-18(17)20(25)23-7-4-16(5-8-23)22-19(24)14-6-9-26-12-14/h1-3,6,9-10,12,16-18H,4-5,7-8,11H2,(H,22,24). The Kier molecular flexibility index (Phi) is 5.14. The maximum atomic E-state index is 12.8. The number of hydrogen-bond acceptors (Lipinski definition) is 3. The Balaban J connectivity index is 1.27. The second kappa shape index (κ2) is 7.53. The first kappa shape index (κ1) is 17.7. The fourth-order valence-electron chi connectivity index (χ4n) is 3.71. The number of nitrogens with zero attached hydrogens (tertiary/aromatic N) is 1. The van der Waals surface area contributed by atoms with Gasteiger partial charge in [-0.05, 0) is 54.3 Å². The second-order valence-electron chi connectivity index (χ2n) is 7.09. The van der Waals surface area contributed by atoms with Crippen molar-refractivity contribution in [3.63, 3.8) is 0 Å². The molecule has 2 atom stereocenters. The molecule has 2 heterocycles. The highest BCUT2D eigenvalue weighted by Crippen LogP contribution is 2.49. The molecule has 2 fully saturated rings. The lowest BCUT2D eigenvalue weighted by atomic mass is 10.0. The summed E-state index contributed by atoms with van der Waals surface area (Å²) in [5.41, 5.74) is 1.97. The lowest BCUT2D eigenvalue weighted by molar-refractivity contribution is -0.133. The highest BCUT2D eigenvalue weighted by Gasteiger charge is 2.46. The second-order valence-corrected chi connectivity index (χ2v) is 8.78. The summed E-state index contributed by atoms with van der Waals surface area (Å²) in [5.74, 6) is 0.753. The van der Waals surface area contributed by atoms with Gasteiger partial charge in [0.1, 0.15) is 0 Å². The van der Waals surface area contributed by atoms with Crippen LogP contribution in [0.2, 0.25) is 0 Å². The minimum Gasteiger partial charge on any atom is -0.349 e. The quantitative estimate of drug-likeness (QED) is 0.792. The molecule has 2 aliphatic rings. The third kappa shape index (κ3) is 3.86. The first-order valence-corrected chi connectivity index (χ1v) is 10.7. The van der Waals surface area contributed by atoms with Crippen molar-refractivity contribution in [2.45, 2.75) is 31.2 Å². The average molecular weight is 433 g/mol. The molecule has 1 N–H and O–H groups in total. The number of rotatable bonds is 4. The van der Waals surface area contributed by atoms with Gasteiger partial charge in [-0.15, -0.1) is 0 Å². The maximum absolute atomic E-state index is 12.8. The molecule has 2 aromatic rings. The SMILES string of the molecule is O=C(NC1CCN(C(=O)C2CC2c2cccc(Br)c2)CC1)c1ccsc1. The maximum Gasteiger partial charge on any atom is 0.252 e. The zero-order chi connectivity index (χ0) is 18.1. The summed E-state index contributed by atoms with van der Waals surface area (Å²) >= 11 is 5.03. The zero-order valence-corrected chi connectivity index (χ0v) is 16.8. The molecule has 2 amide bonds. The fraction of sp³-hybridized carbons (Fsp3) is 0.400. The van der Waals surface area contributed by atoms with Crippen molar-refractivity contribution in [2.24, 2.45) is 5.92 Å². The molecule has 26 heavy (non-hydrogen) atoms. The van der Waals surface area contributed by atoms with Gasteiger partial charge in [0, 0.05) is 40.5 Å². The highest BCUT2D eigenvalue weighted by atomic mass is 79.9. The van der Waals surface area contributed by atoms with Crippen LogP contribution in [-0.2, 0) is 4.79 Å². The third-order valence-corrected chi connectivity index (χ3v) is 6.49. The van der Waals surface area contributed by atoms with E-state index in [1.54, 1.807) is 0 Å². The topological polar surface area (TPSA) is 49.4 Å². The summed E-state index contributed by atoms with van der Waals surface area (Å²) in [6, 6.07) is 10.3. The number of likely N-dealkylation sites (tertiary alicyclic amines) is 1. The van der Waals surface area contributed by atoms with Crippen molar-refractivity contribution in [2.75, 3.05) is 13.1 Å². The number of carbonyl (C=O) groups is 2. The summed E-state index contributed by atoms with van der Waals surface area (Å²) in [7, 11) is 0. The molecule has 1 aromatic heterocycles. The van der Waals surface area contributed by atoms with Crippen molar-refractivity contribution < 1.29 is 9.59 Å². The average Bonchev–Trinajstić information content (AvgIpc) is 3.26. The van der Waals surface area contributed by atoms with Crippen LogP contribution in [0.1, 0.15) is 41.1 Å². The van der Waals surface area contributed by atoms with Gasteiger partial charge in [0.25, 0.3) is 5.91 Å². The van der Waals surface area contributed by atoms with Gasteiger partial charge in [0.15, 0.2) is 0 Å². The normalized spacial score (nSPS) is 22.9. The van der Waals surface area contributed by atoms with Crippen molar-refractivity contribution in [3.05, 3.63) is 56.7 Å². The van der Waals surface area contributed by atoms with E-state index in [0.29, 0.717) is 5.92 Å². The summed E-state index contributed by atoms with van der Waals surface area (Å²) in [6.45, 7) is 1.46. The number of thiophene rings is 1. The molecule has 4 rings (SSSR count). The molecule has 1 aromatic carbocycles. The Bertz CT molecular complexity index is 800. The van der Waals surface area contributed by atoms with E-state index in [1.807, 2.05) is 33.9 Å². The molecule has 2 unspecified atom stereocenters. The smallest absolute Gasteiger partial charge is 0.252 e. The van der Waals surface area contributed by atoms with E-state index in [-0.39, 0.29) is 23.8 Å². The molecule has 4 nitrogen and oxygen atoms in total. The predicted octanol–water partition coefficient (Wildman–Crippen LogP) is 4.04. The molecule has 6 heteroatoms. The molecule has 136 valence electrons. The Labute approximate surface area is 165 Å². The van der Waals surface area contributed by atoms with Gasteiger partial charge in [0.2, 0.25) is 5.91 Å². The number of amides is 2. The van der Waals surface area contributed by atoms with E-state index in [1.165, 1.54) is 16.9 Å². The van der Waals surface area contributed by atoms with Gasteiger partial charge < -0.3 is 10.2 Å². The summed E-state index contributed by atoms with van der Waals surface area (Å²) in [4.78, 5) is 26.9. The number of piperidine rings is 1. The monoisotopic (exact) mass is 432 g/mol. The Hall–Kier alpha value is -1.66. The van der Waals surface area contributed by atoms with Gasteiger partial charge >= 0.3 is 0 Å². The Morgan fingerprint density at radius 2 is 2.00 bits per heavy atom. The number of benzene rings is 1. The number of hydrogen-bond donors (Lipinski definition) is 1. The number of carbonyl (C=O) groups excluding carboxylic acids is 2. The van der Waals surface area contributed by atoms with Gasteiger partial charge in [0.05, 0.1) is 0 Å². The largest absolute Gasteiger partial charge is 0.349 e. The van der Waals surface area contributed by atoms with Crippen molar-refractivity contribution >= 4 is 39.1 Å². The van der Waals surface area contributed by atoms with Crippen LogP contribution in [0.25, 0.3) is 0 Å². The van der Waals surface area contributed by atoms with E-state index >= 15 is 0 Å². The van der Waals surface area contributed by atoms with Gasteiger partial charge in [-0.3, -0.25) is 9.59 Å². The number of nitrogens with one attached hydrogen (secondary N) is 1. The lowest BCUT2D eigenvalue weighted by Crippen LogP contribution is -2.47. The van der Waals surface area contributed by atoms with Gasteiger partial charge in [-0.1, -0.05) is 28.1 Å². The summed E-state index contributed by atoms with van der Waals surface area (Å²) < 4.78 is 1.07. The lowest BCUT2D eigenvalue weighted by Gasteiger charge is -2.32. The van der Waals surface area contributed by atoms with Crippen LogP contribution in [0.4, 0.5) is 0 Å². The van der Waals surface area contributed by atoms with E-state index < -0.39 is 0 Å². The first-order valence-electron chi connectivity index (χ1n) is 8.99. The van der Waals surface area contributed by atoms with Crippen molar-refractivity contribution in [1.29, 1.82) is 0 Å². The van der Waals surface area contributed by atoms with E-state index in [0.717, 1.165) is 42.4 Å². The van der Waals surface area contributed by atoms with Gasteiger partial charge in [-0.25, -0.2) is 0 Å². The van der Waals surface area contributed by atoms with Crippen LogP contribution < -0.4 is 5.32 Å². The molecule has 0 spiro atoms. The van der Waals surface area contributed by atoms with Crippen LogP contribution in [0.3, 0.4) is 0 Å². The molecule has 1 aliphatic carbocycles. The molecular formula is C20H21BrN2O2S. The number of halogens is 1. The molecule has 0 bridgehead atoms. The van der Waals surface area contributed by atoms with E-state index in [9.17, 15) is 9.59 Å². The summed E-state index contributed by atoms with van der Waals surface area (Å²) in [6.07, 6.45) is 2.61. The van der Waals surface area contributed by atoms with Crippen molar-refractivity contribution in [3.8, 4) is 0 Å². The molecule has 1 saturated heterocycles. The summed E-state index contributed by atoms with van der Waals surface area (Å²) in [5, 5.41) is 6.87. The van der Waals surface area contributed by atoms with Crippen molar-refractivity contribution in [1.82, 2.24) is 10.2 Å². The van der Waals surface area contributed by atoms with Crippen LogP contribution in [0.15, 0.2) is 45.6 Å². The van der Waals surface area contributed by atoms with Gasteiger partial charge in [-0.2, -0.15) is 11.3 Å². The predicted molar refractivity (Wildman–Crippen MR) is 106 cm³/mol. The zero-order valence-electron chi connectivity index (χ0n) is 14.4. The minimum absolute atomic E-state index is 0.00654. The highest BCUT2D eigenvalue weighted by molar-refractivity contribution is 9.10. The minimum atomic E-state index is -0.00654. The van der Waals surface area contributed by atoms with Crippen LogP contribution in [-0.4, -0.2) is 35.8 Å². The first-order chi connectivity index (χ1) is 12.6. The van der Waals surface area contributed by atoms with Crippen LogP contribution in [0, 0.1) is 5.92 Å². The third-order valence-electron chi connectivity index (χ3n) is 5.31. The molecule has 1 aliphatic heterocycles. The Morgan fingerprint density at radius 3 is 2.69 bits per heavy atom. The van der Waals surface area contributed by atoms with E-state index in [4.69, 9.17) is 0 Å². The Morgan fingerprint density at radius 1 is 1.19 bits per heavy atom. The fourth-order valence-corrected chi connectivity index (χ4v) is 4.77. The van der Waals surface area contributed by atoms with Crippen LogP contribution >= 0.6 is 27.3 Å². The molecular weight excluding hydrogens is 412 g/mol. The molecule has 1 saturated carbocycles. The van der Waals surface area contributed by atoms with Crippen LogP contribution in [0.5, 0.6) is 0 Å². The molecule has 0 radical (unpaired) electrons. The van der Waals surface area contributed by atoms with E-state index in [2.05, 4.69) is 33.4 Å².